The van der Waals surface area contributed by atoms with Crippen LogP contribution in [0.2, 0.25) is 0 Å². The van der Waals surface area contributed by atoms with Gasteiger partial charge in [-0.05, 0) is 5.92 Å². The van der Waals surface area contributed by atoms with Crippen LogP contribution in [0.3, 0.4) is 0 Å². The van der Waals surface area contributed by atoms with Gasteiger partial charge >= 0.3 is 0 Å². The van der Waals surface area contributed by atoms with Crippen LogP contribution in [-0.2, 0) is 9.53 Å². The molecule has 0 aliphatic carbocycles. The van der Waals surface area contributed by atoms with Crippen LogP contribution >= 0.6 is 0 Å². The molecule has 0 radical (unpaired) electrons. The second-order valence-corrected chi connectivity index (χ2v) is 4.83. The first kappa shape index (κ1) is 11.8. The van der Waals surface area contributed by atoms with Crippen molar-refractivity contribution in [3.05, 3.63) is 0 Å². The van der Waals surface area contributed by atoms with Gasteiger partial charge in [0.05, 0.1) is 19.8 Å². The summed E-state index contributed by atoms with van der Waals surface area (Å²) in [7, 11) is 0. The fraction of sp³-hybridized carbons (Fsp3) is 0.909. The molecule has 2 N–H and O–H groups in total. The minimum atomic E-state index is 0.213. The van der Waals surface area contributed by atoms with Gasteiger partial charge in [0, 0.05) is 32.2 Å². The number of morpholine rings is 1. The number of ether oxygens (including phenoxy) is 1. The predicted molar refractivity (Wildman–Crippen MR) is 61.0 cm³/mol. The average Bonchev–Trinajstić information content (AvgIpc) is 2.59. The average molecular weight is 227 g/mol. The molecule has 2 aliphatic heterocycles. The minimum absolute atomic E-state index is 0.213. The lowest BCUT2D eigenvalue weighted by Gasteiger charge is -2.28. The first-order chi connectivity index (χ1) is 7.66. The van der Waals surface area contributed by atoms with E-state index in [2.05, 4.69) is 11.8 Å². The van der Waals surface area contributed by atoms with Gasteiger partial charge in [-0.25, -0.2) is 0 Å². The molecule has 2 heterocycles. The fourth-order valence-electron chi connectivity index (χ4n) is 2.33. The standard InChI is InChI=1S/C11H21N3O2/c1-9-6-13(7-10(9)12)8-11(15)14-2-4-16-5-3-14/h9-10H,2-8,12H2,1H3. The molecule has 16 heavy (non-hydrogen) atoms. The lowest BCUT2D eigenvalue weighted by Crippen LogP contribution is -2.45. The monoisotopic (exact) mass is 227 g/mol. The number of carbonyl (C=O) groups excluding carboxylic acids is 1. The Kier molecular flexibility index (Phi) is 3.78. The van der Waals surface area contributed by atoms with Crippen molar-refractivity contribution in [2.75, 3.05) is 45.9 Å². The van der Waals surface area contributed by atoms with Crippen molar-refractivity contribution in [2.45, 2.75) is 13.0 Å². The van der Waals surface area contributed by atoms with Crippen LogP contribution in [0.1, 0.15) is 6.92 Å². The minimum Gasteiger partial charge on any atom is -0.378 e. The second kappa shape index (κ2) is 5.12. The molecular formula is C11H21N3O2. The maximum absolute atomic E-state index is 12.0. The second-order valence-electron chi connectivity index (χ2n) is 4.83. The lowest BCUT2D eigenvalue weighted by atomic mass is 10.1. The summed E-state index contributed by atoms with van der Waals surface area (Å²) in [5, 5.41) is 0. The predicted octanol–water partition coefficient (Wildman–Crippen LogP) is -0.876. The van der Waals surface area contributed by atoms with Crippen molar-refractivity contribution >= 4 is 5.91 Å². The normalized spacial score (nSPS) is 32.0. The summed E-state index contributed by atoms with van der Waals surface area (Å²) in [6.45, 7) is 7.24. The zero-order valence-electron chi connectivity index (χ0n) is 9.89. The van der Waals surface area contributed by atoms with Gasteiger partial charge in [0.15, 0.2) is 0 Å². The summed E-state index contributed by atoms with van der Waals surface area (Å²) in [4.78, 5) is 16.0. The quantitative estimate of drug-likeness (QED) is 0.666. The van der Waals surface area contributed by atoms with Crippen molar-refractivity contribution in [2.24, 2.45) is 11.7 Å². The van der Waals surface area contributed by atoms with E-state index in [1.165, 1.54) is 0 Å². The van der Waals surface area contributed by atoms with E-state index in [9.17, 15) is 4.79 Å². The van der Waals surface area contributed by atoms with E-state index in [0.717, 1.165) is 26.2 Å². The van der Waals surface area contributed by atoms with Crippen molar-refractivity contribution in [3.63, 3.8) is 0 Å². The third-order valence-electron chi connectivity index (χ3n) is 3.47. The first-order valence-corrected chi connectivity index (χ1v) is 6.00. The van der Waals surface area contributed by atoms with Crippen LogP contribution in [0.15, 0.2) is 0 Å². The molecule has 2 rings (SSSR count). The van der Waals surface area contributed by atoms with E-state index in [1.807, 2.05) is 4.90 Å². The molecule has 5 nitrogen and oxygen atoms in total. The van der Waals surface area contributed by atoms with Gasteiger partial charge in [0.2, 0.25) is 5.91 Å². The fourth-order valence-corrected chi connectivity index (χ4v) is 2.33. The SMILES string of the molecule is CC1CN(CC(=O)N2CCOCC2)CC1N. The Labute approximate surface area is 96.5 Å². The number of hydrogen-bond donors (Lipinski definition) is 1. The van der Waals surface area contributed by atoms with Gasteiger partial charge < -0.3 is 15.4 Å². The highest BCUT2D eigenvalue weighted by molar-refractivity contribution is 5.78. The van der Waals surface area contributed by atoms with Crippen LogP contribution in [-0.4, -0.2) is 67.7 Å². The van der Waals surface area contributed by atoms with E-state index in [4.69, 9.17) is 10.5 Å². The molecule has 2 fully saturated rings. The van der Waals surface area contributed by atoms with Crippen LogP contribution in [0.25, 0.3) is 0 Å². The molecule has 0 saturated carbocycles. The summed E-state index contributed by atoms with van der Waals surface area (Å²) in [5.74, 6) is 0.710. The Bertz CT molecular complexity index is 244. The maximum Gasteiger partial charge on any atom is 0.236 e. The molecule has 5 heteroatoms. The molecule has 1 amide bonds. The molecule has 2 unspecified atom stereocenters. The van der Waals surface area contributed by atoms with E-state index < -0.39 is 0 Å². The molecule has 0 aromatic heterocycles. The van der Waals surface area contributed by atoms with E-state index in [-0.39, 0.29) is 11.9 Å². The molecule has 92 valence electrons. The first-order valence-electron chi connectivity index (χ1n) is 6.00. The molecule has 2 aliphatic rings. The summed E-state index contributed by atoms with van der Waals surface area (Å²) < 4.78 is 5.23. The zero-order valence-corrected chi connectivity index (χ0v) is 9.89. The van der Waals surface area contributed by atoms with Crippen molar-refractivity contribution in [3.8, 4) is 0 Å². The number of likely N-dealkylation sites (tertiary alicyclic amines) is 1. The molecule has 2 atom stereocenters. The number of amides is 1. The lowest BCUT2D eigenvalue weighted by molar-refractivity contribution is -0.136. The summed E-state index contributed by atoms with van der Waals surface area (Å²) in [5.41, 5.74) is 5.94. The molecule has 0 aromatic rings. The Morgan fingerprint density at radius 1 is 1.38 bits per heavy atom. The Morgan fingerprint density at radius 2 is 2.06 bits per heavy atom. The topological polar surface area (TPSA) is 58.8 Å². The van der Waals surface area contributed by atoms with Gasteiger partial charge in [-0.1, -0.05) is 6.92 Å². The third kappa shape index (κ3) is 2.72. The highest BCUT2D eigenvalue weighted by Gasteiger charge is 2.29. The van der Waals surface area contributed by atoms with Crippen LogP contribution in [0.5, 0.6) is 0 Å². The zero-order chi connectivity index (χ0) is 11.5. The number of hydrogen-bond acceptors (Lipinski definition) is 4. The Morgan fingerprint density at radius 3 is 2.62 bits per heavy atom. The van der Waals surface area contributed by atoms with Gasteiger partial charge in [0.25, 0.3) is 0 Å². The van der Waals surface area contributed by atoms with Gasteiger partial charge in [-0.3, -0.25) is 9.69 Å². The van der Waals surface area contributed by atoms with Crippen LogP contribution < -0.4 is 5.73 Å². The summed E-state index contributed by atoms with van der Waals surface area (Å²) in [6, 6.07) is 0.220. The van der Waals surface area contributed by atoms with Crippen LogP contribution in [0.4, 0.5) is 0 Å². The molecular weight excluding hydrogens is 206 g/mol. The van der Waals surface area contributed by atoms with Crippen LogP contribution in [0, 0.1) is 5.92 Å². The Hall–Kier alpha value is -0.650. The summed E-state index contributed by atoms with van der Waals surface area (Å²) in [6.07, 6.45) is 0. The highest BCUT2D eigenvalue weighted by atomic mass is 16.5. The number of nitrogens with zero attached hydrogens (tertiary/aromatic N) is 2. The smallest absolute Gasteiger partial charge is 0.236 e. The third-order valence-corrected chi connectivity index (χ3v) is 3.47. The molecule has 2 saturated heterocycles. The Balaban J connectivity index is 1.78. The number of carbonyl (C=O) groups is 1. The largest absolute Gasteiger partial charge is 0.378 e. The van der Waals surface area contributed by atoms with Crippen molar-refractivity contribution in [1.82, 2.24) is 9.80 Å². The van der Waals surface area contributed by atoms with Gasteiger partial charge in [-0.15, -0.1) is 0 Å². The van der Waals surface area contributed by atoms with Gasteiger partial charge in [0.1, 0.15) is 0 Å². The summed E-state index contributed by atoms with van der Waals surface area (Å²) >= 11 is 0. The molecule has 0 bridgehead atoms. The van der Waals surface area contributed by atoms with E-state index in [1.54, 1.807) is 0 Å². The maximum atomic E-state index is 12.0. The number of rotatable bonds is 2. The van der Waals surface area contributed by atoms with E-state index >= 15 is 0 Å². The number of nitrogens with two attached hydrogens (primary N) is 1. The van der Waals surface area contributed by atoms with Gasteiger partial charge in [-0.2, -0.15) is 0 Å². The van der Waals surface area contributed by atoms with Crippen molar-refractivity contribution in [1.29, 1.82) is 0 Å². The van der Waals surface area contributed by atoms with E-state index in [0.29, 0.717) is 25.7 Å². The highest BCUT2D eigenvalue weighted by Crippen LogP contribution is 2.14. The molecule has 0 spiro atoms. The van der Waals surface area contributed by atoms with Crippen molar-refractivity contribution < 1.29 is 9.53 Å². The molecule has 0 aromatic carbocycles.